The van der Waals surface area contributed by atoms with E-state index in [9.17, 15) is 0 Å². The van der Waals surface area contributed by atoms with Crippen LogP contribution in [0, 0.1) is 0 Å². The lowest BCUT2D eigenvalue weighted by Gasteiger charge is -2.27. The fourth-order valence-electron chi connectivity index (χ4n) is 4.00. The first-order valence-corrected chi connectivity index (χ1v) is 10.0. The van der Waals surface area contributed by atoms with Gasteiger partial charge in [-0.2, -0.15) is 0 Å². The van der Waals surface area contributed by atoms with Gasteiger partial charge in [0.1, 0.15) is 0 Å². The van der Waals surface area contributed by atoms with E-state index in [-0.39, 0.29) is 0 Å². The molecule has 0 amide bonds. The smallest absolute Gasteiger partial charge is 0.0411 e. The van der Waals surface area contributed by atoms with Gasteiger partial charge >= 0.3 is 0 Å². The molecule has 3 aromatic carbocycles. The molecule has 3 aromatic rings. The Morgan fingerprint density at radius 3 is 1.70 bits per heavy atom. The van der Waals surface area contributed by atoms with Gasteiger partial charge in [-0.15, -0.1) is 0 Å². The zero-order chi connectivity index (χ0) is 18.3. The maximum Gasteiger partial charge on any atom is 0.0411 e. The molecule has 27 heavy (non-hydrogen) atoms. The summed E-state index contributed by atoms with van der Waals surface area (Å²) < 4.78 is 0. The first kappa shape index (κ1) is 17.8. The van der Waals surface area contributed by atoms with Gasteiger partial charge in [0, 0.05) is 38.4 Å². The molecule has 0 N–H and O–H groups in total. The summed E-state index contributed by atoms with van der Waals surface area (Å²) in [6, 6.07) is 30.6. The van der Waals surface area contributed by atoms with Gasteiger partial charge in [0.25, 0.3) is 0 Å². The van der Waals surface area contributed by atoms with Crippen LogP contribution < -0.4 is 4.90 Å². The van der Waals surface area contributed by atoms with E-state index < -0.39 is 0 Å². The summed E-state index contributed by atoms with van der Waals surface area (Å²) in [5.41, 5.74) is 5.59. The maximum absolute atomic E-state index is 2.56. The second kappa shape index (κ2) is 8.88. The van der Waals surface area contributed by atoms with Crippen LogP contribution in [0.5, 0.6) is 0 Å². The summed E-state index contributed by atoms with van der Waals surface area (Å²) in [6.07, 6.45) is 2.62. The highest BCUT2D eigenvalue weighted by atomic mass is 15.2. The Morgan fingerprint density at radius 1 is 0.593 bits per heavy atom. The number of benzene rings is 3. The fourth-order valence-corrected chi connectivity index (χ4v) is 4.00. The molecule has 1 fully saturated rings. The molecule has 0 aromatic heterocycles. The molecule has 1 saturated heterocycles. The van der Waals surface area contributed by atoms with Crippen molar-refractivity contribution in [2.45, 2.75) is 32.5 Å². The minimum absolute atomic E-state index is 0.962. The van der Waals surface area contributed by atoms with Gasteiger partial charge in [-0.1, -0.05) is 78.9 Å². The van der Waals surface area contributed by atoms with Gasteiger partial charge in [-0.25, -0.2) is 0 Å². The average Bonchev–Trinajstić information content (AvgIpc) is 3.25. The van der Waals surface area contributed by atoms with Gasteiger partial charge < -0.3 is 4.90 Å². The van der Waals surface area contributed by atoms with Crippen LogP contribution in [0.3, 0.4) is 0 Å². The molecule has 2 heteroatoms. The highest BCUT2D eigenvalue weighted by Crippen LogP contribution is 2.26. The topological polar surface area (TPSA) is 6.48 Å². The molecule has 2 nitrogen and oxygen atoms in total. The molecule has 1 heterocycles. The van der Waals surface area contributed by atoms with Crippen LogP contribution in [0.15, 0.2) is 84.9 Å². The first-order chi connectivity index (χ1) is 13.4. The molecule has 4 rings (SSSR count). The maximum atomic E-state index is 2.56. The van der Waals surface area contributed by atoms with Crippen molar-refractivity contribution in [2.75, 3.05) is 18.0 Å². The summed E-state index contributed by atoms with van der Waals surface area (Å²) in [6.45, 7) is 5.27. The Balaban J connectivity index is 1.57. The van der Waals surface area contributed by atoms with Crippen molar-refractivity contribution in [3.63, 3.8) is 0 Å². The van der Waals surface area contributed by atoms with Gasteiger partial charge in [-0.05, 0) is 35.6 Å². The van der Waals surface area contributed by atoms with Gasteiger partial charge in [0.2, 0.25) is 0 Å². The number of para-hydroxylation sites is 1. The lowest BCUT2D eigenvalue weighted by Crippen LogP contribution is -2.25. The van der Waals surface area contributed by atoms with E-state index >= 15 is 0 Å². The second-order valence-electron chi connectivity index (χ2n) is 7.44. The molecule has 138 valence electrons. The Hall–Kier alpha value is -2.58. The molecule has 0 radical (unpaired) electrons. The van der Waals surface area contributed by atoms with E-state index in [1.54, 1.807) is 0 Å². The Kier molecular flexibility index (Phi) is 5.86. The number of hydrogen-bond donors (Lipinski definition) is 0. The van der Waals surface area contributed by atoms with Crippen molar-refractivity contribution in [2.24, 2.45) is 0 Å². The molecule has 0 bridgehead atoms. The van der Waals surface area contributed by atoms with E-state index in [0.29, 0.717) is 0 Å². The summed E-state index contributed by atoms with van der Waals surface area (Å²) in [7, 11) is 0. The van der Waals surface area contributed by atoms with Crippen molar-refractivity contribution >= 4 is 5.69 Å². The van der Waals surface area contributed by atoms with Crippen molar-refractivity contribution in [3.05, 3.63) is 102 Å². The summed E-state index contributed by atoms with van der Waals surface area (Å²) in [5.74, 6) is 0. The number of nitrogens with zero attached hydrogens (tertiary/aromatic N) is 2. The predicted molar refractivity (Wildman–Crippen MR) is 114 cm³/mol. The quantitative estimate of drug-likeness (QED) is 0.552. The predicted octanol–water partition coefficient (Wildman–Crippen LogP) is 5.49. The third-order valence-electron chi connectivity index (χ3n) is 5.33. The number of hydrogen-bond acceptors (Lipinski definition) is 2. The SMILES string of the molecule is c1ccc(CN(Cc2ccccc2)Cc2ccccc2N2CCCC2)cc1. The summed E-state index contributed by atoms with van der Waals surface area (Å²) >= 11 is 0. The molecule has 0 aliphatic carbocycles. The van der Waals surface area contributed by atoms with Gasteiger partial charge in [0.05, 0.1) is 0 Å². The van der Waals surface area contributed by atoms with Gasteiger partial charge in [0.15, 0.2) is 0 Å². The third kappa shape index (κ3) is 4.78. The van der Waals surface area contributed by atoms with Crippen LogP contribution in [0.1, 0.15) is 29.5 Å². The highest BCUT2D eigenvalue weighted by molar-refractivity contribution is 5.54. The lowest BCUT2D eigenvalue weighted by molar-refractivity contribution is 0.248. The minimum Gasteiger partial charge on any atom is -0.371 e. The minimum atomic E-state index is 0.962. The average molecular weight is 357 g/mol. The molecule has 0 atom stereocenters. The van der Waals surface area contributed by atoms with Crippen LogP contribution in [-0.4, -0.2) is 18.0 Å². The molecular weight excluding hydrogens is 328 g/mol. The molecule has 0 unspecified atom stereocenters. The second-order valence-corrected chi connectivity index (χ2v) is 7.44. The van der Waals surface area contributed by atoms with Crippen molar-refractivity contribution in [1.29, 1.82) is 0 Å². The zero-order valence-electron chi connectivity index (χ0n) is 15.9. The Bertz CT molecular complexity index is 782. The fraction of sp³-hybridized carbons (Fsp3) is 0.280. The van der Waals surface area contributed by atoms with E-state index in [4.69, 9.17) is 0 Å². The monoisotopic (exact) mass is 356 g/mol. The van der Waals surface area contributed by atoms with E-state index in [2.05, 4.69) is 94.7 Å². The lowest BCUT2D eigenvalue weighted by atomic mass is 10.1. The molecule has 1 aliphatic rings. The van der Waals surface area contributed by atoms with Gasteiger partial charge in [-0.3, -0.25) is 4.90 Å². The summed E-state index contributed by atoms with van der Waals surface area (Å²) in [5, 5.41) is 0. The number of rotatable bonds is 7. The van der Waals surface area contributed by atoms with Crippen molar-refractivity contribution < 1.29 is 0 Å². The zero-order valence-corrected chi connectivity index (χ0v) is 15.9. The Labute approximate surface area is 163 Å². The van der Waals surface area contributed by atoms with E-state index in [0.717, 1.165) is 19.6 Å². The van der Waals surface area contributed by atoms with Crippen molar-refractivity contribution in [3.8, 4) is 0 Å². The third-order valence-corrected chi connectivity index (χ3v) is 5.33. The number of anilines is 1. The van der Waals surface area contributed by atoms with Crippen LogP contribution in [0.2, 0.25) is 0 Å². The van der Waals surface area contributed by atoms with Crippen LogP contribution in [0.25, 0.3) is 0 Å². The molecule has 1 aliphatic heterocycles. The van der Waals surface area contributed by atoms with Crippen molar-refractivity contribution in [1.82, 2.24) is 4.90 Å². The largest absolute Gasteiger partial charge is 0.371 e. The van der Waals surface area contributed by atoms with E-state index in [1.807, 2.05) is 0 Å². The highest BCUT2D eigenvalue weighted by Gasteiger charge is 2.17. The molecule has 0 saturated carbocycles. The standard InChI is InChI=1S/C25H28N2/c1-3-11-22(12-4-1)19-26(20-23-13-5-2-6-14-23)21-24-15-7-8-16-25(24)27-17-9-10-18-27/h1-8,11-16H,9-10,17-21H2. The summed E-state index contributed by atoms with van der Waals surface area (Å²) in [4.78, 5) is 5.11. The van der Waals surface area contributed by atoms with Crippen LogP contribution in [-0.2, 0) is 19.6 Å². The molecule has 0 spiro atoms. The van der Waals surface area contributed by atoms with Crippen LogP contribution in [0.4, 0.5) is 5.69 Å². The molecular formula is C25H28N2. The Morgan fingerprint density at radius 2 is 1.11 bits per heavy atom. The normalized spacial score (nSPS) is 14.0. The van der Waals surface area contributed by atoms with Crippen LogP contribution >= 0.6 is 0 Å². The first-order valence-electron chi connectivity index (χ1n) is 10.0. The van der Waals surface area contributed by atoms with E-state index in [1.165, 1.54) is 48.3 Å².